The highest BCUT2D eigenvalue weighted by Crippen LogP contribution is 2.45. The number of nitrogens with zero attached hydrogens (tertiary/aromatic N) is 6. The van der Waals surface area contributed by atoms with Crippen LogP contribution in [0.3, 0.4) is 0 Å². The Hall–Kier alpha value is -4.67. The van der Waals surface area contributed by atoms with Gasteiger partial charge in [0, 0.05) is 69.6 Å². The van der Waals surface area contributed by atoms with Crippen molar-refractivity contribution in [2.75, 3.05) is 26.2 Å². The van der Waals surface area contributed by atoms with Crippen molar-refractivity contribution in [2.24, 2.45) is 5.11 Å². The Morgan fingerprint density at radius 2 is 1.43 bits per heavy atom. The third-order valence-electron chi connectivity index (χ3n) is 7.37. The Labute approximate surface area is 278 Å². The number of benzene rings is 4. The molecule has 0 fully saturated rings. The Bertz CT molecular complexity index is 2390. The fourth-order valence-electron chi connectivity index (χ4n) is 5.33. The molecule has 1 amide bonds. The van der Waals surface area contributed by atoms with Crippen LogP contribution in [0.4, 0.5) is 0 Å². The van der Waals surface area contributed by atoms with Gasteiger partial charge in [-0.15, -0.1) is 5.10 Å². The minimum absolute atomic E-state index is 0.0372. The van der Waals surface area contributed by atoms with Gasteiger partial charge in [0.1, 0.15) is 36.1 Å². The molecule has 0 aliphatic heterocycles. The van der Waals surface area contributed by atoms with Gasteiger partial charge >= 0.3 is 0 Å². The van der Waals surface area contributed by atoms with Crippen LogP contribution in [0.1, 0.15) is 18.5 Å². The fourth-order valence-corrected chi connectivity index (χ4v) is 7.50. The third kappa shape index (κ3) is 7.98. The second-order valence-electron chi connectivity index (χ2n) is 10.6. The maximum atomic E-state index is 12.6. The van der Waals surface area contributed by atoms with Gasteiger partial charge in [-0.2, -0.15) is 0 Å². The number of aromatic nitrogens is 3. The number of azide groups is 1. The molecule has 1 aromatic heterocycles. The Balaban J connectivity index is 1.35. The van der Waals surface area contributed by atoms with Gasteiger partial charge in [-0.25, -0.2) is 25.3 Å². The van der Waals surface area contributed by atoms with E-state index in [1.54, 1.807) is 10.9 Å². The average Bonchev–Trinajstić information content (AvgIpc) is 3.48. The number of ether oxygens (including phenoxy) is 1. The zero-order chi connectivity index (χ0) is 35.6. The summed E-state index contributed by atoms with van der Waals surface area (Å²) < 4.78 is 117. The molecule has 0 radical (unpaired) electrons. The monoisotopic (exact) mass is 733 g/mol. The number of nitrogens with one attached hydrogen (secondary N) is 2. The van der Waals surface area contributed by atoms with E-state index in [1.807, 2.05) is 0 Å². The number of amides is 1. The van der Waals surface area contributed by atoms with E-state index in [1.165, 1.54) is 6.07 Å². The third-order valence-corrected chi connectivity index (χ3v) is 10.00. The zero-order valence-electron chi connectivity index (χ0n) is 25.1. The summed E-state index contributed by atoms with van der Waals surface area (Å²) in [5, 5.41) is 16.0. The summed E-state index contributed by atoms with van der Waals surface area (Å²) in [6.07, 6.45) is 2.84. The first-order valence-corrected chi connectivity index (χ1v) is 18.5. The quantitative estimate of drug-likeness (QED) is 0.0360. The van der Waals surface area contributed by atoms with Crippen LogP contribution in [0, 0.1) is 0 Å². The molecule has 5 rings (SSSR count). The molecule has 0 atom stereocenters. The molecule has 0 aliphatic carbocycles. The largest absolute Gasteiger partial charge is 0.744 e. The molecular weight excluding hydrogens is 709 g/mol. The molecule has 0 bridgehead atoms. The van der Waals surface area contributed by atoms with E-state index < -0.39 is 57.6 Å². The van der Waals surface area contributed by atoms with E-state index in [0.29, 0.717) is 50.8 Å². The van der Waals surface area contributed by atoms with E-state index in [4.69, 9.17) is 10.3 Å². The van der Waals surface area contributed by atoms with Crippen molar-refractivity contribution in [3.05, 3.63) is 58.7 Å². The molecule has 19 nitrogen and oxygen atoms in total. The maximum absolute atomic E-state index is 12.6. The van der Waals surface area contributed by atoms with Gasteiger partial charge in [0.2, 0.25) is 0 Å². The molecule has 4 aromatic carbocycles. The number of rotatable bonds is 16. The van der Waals surface area contributed by atoms with E-state index >= 15 is 0 Å². The van der Waals surface area contributed by atoms with Gasteiger partial charge < -0.3 is 29.0 Å². The highest BCUT2D eigenvalue weighted by Gasteiger charge is 2.24. The first-order chi connectivity index (χ1) is 23.1. The summed E-state index contributed by atoms with van der Waals surface area (Å²) in [7, 11) is -16.0. The summed E-state index contributed by atoms with van der Waals surface area (Å²) in [6.45, 7) is 1.41. The van der Waals surface area contributed by atoms with E-state index in [9.17, 15) is 43.7 Å². The number of aryl methyl sites for hydroxylation is 1. The molecule has 0 saturated heterocycles. The highest BCUT2D eigenvalue weighted by molar-refractivity contribution is 7.87. The lowest BCUT2D eigenvalue weighted by Gasteiger charge is -2.22. The van der Waals surface area contributed by atoms with Crippen LogP contribution in [0.15, 0.2) is 62.4 Å². The van der Waals surface area contributed by atoms with Crippen LogP contribution in [-0.2, 0) is 48.2 Å². The average molecular weight is 734 g/mol. The van der Waals surface area contributed by atoms with Crippen LogP contribution in [-0.4, -0.2) is 86.1 Å². The highest BCUT2D eigenvalue weighted by atomic mass is 32.2. The lowest BCUT2D eigenvalue weighted by atomic mass is 9.93. The van der Waals surface area contributed by atoms with E-state index in [2.05, 4.69) is 31.0 Å². The summed E-state index contributed by atoms with van der Waals surface area (Å²) >= 11 is 0. The van der Waals surface area contributed by atoms with Gasteiger partial charge in [0.15, 0.2) is 6.61 Å². The Kier molecular flexibility index (Phi) is 10.2. The summed E-state index contributed by atoms with van der Waals surface area (Å²) in [5.74, 6) is -0.921. The minimum atomic E-state index is -5.36. The summed E-state index contributed by atoms with van der Waals surface area (Å²) in [4.78, 5) is 12.4. The zero-order valence-corrected chi connectivity index (χ0v) is 27.5. The van der Waals surface area contributed by atoms with E-state index in [-0.39, 0.29) is 44.6 Å². The van der Waals surface area contributed by atoms with Crippen molar-refractivity contribution in [2.45, 2.75) is 40.6 Å². The lowest BCUT2D eigenvalue weighted by Crippen LogP contribution is -2.30. The second kappa shape index (κ2) is 14.1. The molecular formula is C27H25N8O11S3-3. The van der Waals surface area contributed by atoms with Crippen molar-refractivity contribution < 1.29 is 48.4 Å². The molecule has 0 saturated carbocycles. The van der Waals surface area contributed by atoms with Crippen LogP contribution in [0.2, 0.25) is 0 Å². The van der Waals surface area contributed by atoms with Gasteiger partial charge in [0.05, 0.1) is 20.4 Å². The van der Waals surface area contributed by atoms with Crippen molar-refractivity contribution in [1.29, 1.82) is 0 Å². The molecule has 260 valence electrons. The van der Waals surface area contributed by atoms with Crippen molar-refractivity contribution in [3.63, 3.8) is 0 Å². The molecule has 0 unspecified atom stereocenters. The van der Waals surface area contributed by atoms with Gasteiger partial charge in [0.25, 0.3) is 5.91 Å². The number of hydrogen-bond donors (Lipinski definition) is 2. The van der Waals surface area contributed by atoms with Crippen LogP contribution < -0.4 is 15.4 Å². The maximum Gasteiger partial charge on any atom is 0.257 e. The summed E-state index contributed by atoms with van der Waals surface area (Å²) in [5.41, 5.74) is 8.96. The molecule has 0 spiro atoms. The van der Waals surface area contributed by atoms with Gasteiger partial charge in [-0.1, -0.05) is 28.5 Å². The normalized spacial score (nSPS) is 12.5. The van der Waals surface area contributed by atoms with Crippen molar-refractivity contribution in [3.8, 4) is 5.75 Å². The number of carbonyl (C=O) groups excluding carboxylic acids is 1. The smallest absolute Gasteiger partial charge is 0.257 e. The molecule has 22 heteroatoms. The van der Waals surface area contributed by atoms with Crippen LogP contribution in [0.5, 0.6) is 5.75 Å². The standard InChI is InChI=1S/C27H28N8O11S3/c28-33-31-9-1-7-29-13-16-14-35(34-32-16)10-2-8-30-25(36)15-46-21-11-22(47(37,38)39)18-5-6-20-24(49(43,44)45)12-23(48(40,41)42)19-4-3-17(21)26(18)27(19)20/h3-6,11-12,14,29H,1-2,7-10,13,15H2,(H,30,36)(H,37,38,39)(H,40,41,42)(H,43,44,45)/p-3. The Morgan fingerprint density at radius 1 is 0.857 bits per heavy atom. The molecule has 49 heavy (non-hydrogen) atoms. The van der Waals surface area contributed by atoms with E-state index in [0.717, 1.165) is 24.3 Å². The topological polar surface area (TPSA) is 301 Å². The van der Waals surface area contributed by atoms with Crippen molar-refractivity contribution in [1.82, 2.24) is 25.6 Å². The Morgan fingerprint density at radius 3 is 2.02 bits per heavy atom. The van der Waals surface area contributed by atoms with Gasteiger partial charge in [-0.05, 0) is 43.1 Å². The molecule has 5 aromatic rings. The van der Waals surface area contributed by atoms with Crippen molar-refractivity contribution >= 4 is 68.6 Å². The molecule has 0 aliphatic rings. The number of carbonyl (C=O) groups is 1. The first-order valence-electron chi connectivity index (χ1n) is 14.3. The van der Waals surface area contributed by atoms with Crippen LogP contribution >= 0.6 is 0 Å². The van der Waals surface area contributed by atoms with Crippen LogP contribution in [0.25, 0.3) is 42.8 Å². The SMILES string of the molecule is [N-]=[N+]=NCCCNCc1cn(CCCNC(=O)COc2cc(S(=O)(=O)[O-])c3ccc4c(S(=O)(=O)[O-])cc(S(=O)(=O)[O-])c5ccc2c3c54)nn1. The predicted octanol–water partition coefficient (Wildman–Crippen LogP) is 1.26. The van der Waals surface area contributed by atoms with Gasteiger partial charge in [-0.3, -0.25) is 9.48 Å². The second-order valence-corrected chi connectivity index (χ2v) is 14.7. The minimum Gasteiger partial charge on any atom is -0.744 e. The molecule has 2 N–H and O–H groups in total. The fraction of sp³-hybridized carbons (Fsp3) is 0.296. The summed E-state index contributed by atoms with van der Waals surface area (Å²) in [6, 6.07) is 5.83. The number of hydrogen-bond acceptors (Lipinski definition) is 15. The lowest BCUT2D eigenvalue weighted by molar-refractivity contribution is -0.123. The molecule has 1 heterocycles. The predicted molar refractivity (Wildman–Crippen MR) is 168 cm³/mol. The first kappa shape index (κ1) is 35.6.